The van der Waals surface area contributed by atoms with E-state index in [9.17, 15) is 5.11 Å². The van der Waals surface area contributed by atoms with E-state index in [2.05, 4.69) is 26.4 Å². The van der Waals surface area contributed by atoms with Crippen molar-refractivity contribution in [1.29, 1.82) is 0 Å². The van der Waals surface area contributed by atoms with Crippen LogP contribution < -0.4 is 10.2 Å². The number of hydrogen-bond donors (Lipinski definition) is 1. The molecular formula is C20H17BN4O3. The SMILES string of the molecule is Bc1cnc2nc(C3=C=C=CC(OCC)=N3)n(-c3c(O)cccc3OC)c2c1. The molecule has 2 aromatic heterocycles. The zero-order valence-electron chi connectivity index (χ0n) is 15.7. The molecule has 7 nitrogen and oxygen atoms in total. The molecule has 0 saturated heterocycles. The Bertz CT molecular complexity index is 1220. The van der Waals surface area contributed by atoms with Gasteiger partial charge < -0.3 is 14.6 Å². The third-order valence-electron chi connectivity index (χ3n) is 4.18. The molecule has 138 valence electrons. The zero-order valence-corrected chi connectivity index (χ0v) is 15.7. The number of methoxy groups -OCH3 is 1. The average Bonchev–Trinajstić information content (AvgIpc) is 3.06. The summed E-state index contributed by atoms with van der Waals surface area (Å²) in [6.45, 7) is 2.36. The van der Waals surface area contributed by atoms with Crippen molar-refractivity contribution in [3.8, 4) is 17.2 Å². The van der Waals surface area contributed by atoms with Crippen molar-refractivity contribution in [1.82, 2.24) is 14.5 Å². The second-order valence-electron chi connectivity index (χ2n) is 6.10. The summed E-state index contributed by atoms with van der Waals surface area (Å²) in [5, 5.41) is 10.6. The van der Waals surface area contributed by atoms with Gasteiger partial charge in [0.05, 0.1) is 25.3 Å². The van der Waals surface area contributed by atoms with E-state index in [1.54, 1.807) is 42.1 Å². The van der Waals surface area contributed by atoms with Crippen molar-refractivity contribution in [2.24, 2.45) is 4.99 Å². The largest absolute Gasteiger partial charge is 0.506 e. The fraction of sp³-hybridized carbons (Fsp3) is 0.150. The number of fused-ring (bicyclic) bond motifs is 1. The fourth-order valence-corrected chi connectivity index (χ4v) is 3.01. The van der Waals surface area contributed by atoms with Gasteiger partial charge in [0, 0.05) is 6.20 Å². The second kappa shape index (κ2) is 7.12. The van der Waals surface area contributed by atoms with E-state index in [-0.39, 0.29) is 5.75 Å². The quantitative estimate of drug-likeness (QED) is 0.555. The Labute approximate surface area is 162 Å². The Morgan fingerprint density at radius 3 is 2.96 bits per heavy atom. The molecule has 1 aliphatic rings. The number of benzene rings is 1. The number of ether oxygens (including phenoxy) is 2. The van der Waals surface area contributed by atoms with E-state index >= 15 is 0 Å². The molecule has 0 unspecified atom stereocenters. The van der Waals surface area contributed by atoms with Gasteiger partial charge in [-0.3, -0.25) is 4.57 Å². The van der Waals surface area contributed by atoms with E-state index in [0.29, 0.717) is 46.6 Å². The molecule has 0 spiro atoms. The summed E-state index contributed by atoms with van der Waals surface area (Å²) >= 11 is 0. The number of phenols is 1. The van der Waals surface area contributed by atoms with Gasteiger partial charge in [-0.15, -0.1) is 0 Å². The summed E-state index contributed by atoms with van der Waals surface area (Å²) in [4.78, 5) is 13.5. The number of aromatic hydroxyl groups is 1. The van der Waals surface area contributed by atoms with Gasteiger partial charge in [0.25, 0.3) is 0 Å². The number of aliphatic imine (C=N–C) groups is 1. The normalized spacial score (nSPS) is 12.8. The number of imidazole rings is 1. The van der Waals surface area contributed by atoms with Crippen LogP contribution in [0.1, 0.15) is 12.7 Å². The fourth-order valence-electron chi connectivity index (χ4n) is 3.01. The highest BCUT2D eigenvalue weighted by atomic mass is 16.5. The van der Waals surface area contributed by atoms with Crippen molar-refractivity contribution in [3.63, 3.8) is 0 Å². The zero-order chi connectivity index (χ0) is 19.7. The van der Waals surface area contributed by atoms with Gasteiger partial charge in [-0.2, -0.15) is 0 Å². The van der Waals surface area contributed by atoms with Crippen LogP contribution in [0.25, 0.3) is 22.5 Å². The summed E-state index contributed by atoms with van der Waals surface area (Å²) in [5.41, 5.74) is 8.95. The van der Waals surface area contributed by atoms with Crippen molar-refractivity contribution < 1.29 is 14.6 Å². The minimum Gasteiger partial charge on any atom is -0.506 e. The number of para-hydroxylation sites is 1. The molecule has 0 fully saturated rings. The summed E-state index contributed by atoms with van der Waals surface area (Å²) in [7, 11) is 3.49. The minimum atomic E-state index is 0.0475. The van der Waals surface area contributed by atoms with E-state index < -0.39 is 0 Å². The topological polar surface area (TPSA) is 81.8 Å². The predicted molar refractivity (Wildman–Crippen MR) is 109 cm³/mol. The van der Waals surface area contributed by atoms with Crippen molar-refractivity contribution in [2.45, 2.75) is 6.92 Å². The maximum absolute atomic E-state index is 10.6. The maximum Gasteiger partial charge on any atom is 0.223 e. The molecule has 0 bridgehead atoms. The standard InChI is InChI=1S/C20H17BN4O3/c1-3-28-17-9-4-6-13(23-17)20-24-19-14(10-12(21)11-22-19)25(20)18-15(26)7-5-8-16(18)27-2/h5,7-11,26H,3,21H2,1-2H3. The molecule has 0 radical (unpaired) electrons. The molecular weight excluding hydrogens is 355 g/mol. The second-order valence-corrected chi connectivity index (χ2v) is 6.10. The number of hydrogen-bond acceptors (Lipinski definition) is 6. The molecule has 4 rings (SSSR count). The molecule has 0 amide bonds. The minimum absolute atomic E-state index is 0.0475. The van der Waals surface area contributed by atoms with E-state index in [1.807, 2.05) is 20.8 Å². The molecule has 3 aromatic rings. The van der Waals surface area contributed by atoms with Crippen LogP contribution >= 0.6 is 0 Å². The Hall–Kier alpha value is -3.73. The first-order valence-corrected chi connectivity index (χ1v) is 8.77. The molecule has 8 heteroatoms. The smallest absolute Gasteiger partial charge is 0.223 e. The average molecular weight is 372 g/mol. The van der Waals surface area contributed by atoms with Gasteiger partial charge in [0.1, 0.15) is 25.0 Å². The van der Waals surface area contributed by atoms with Gasteiger partial charge in [-0.05, 0) is 30.9 Å². The third-order valence-corrected chi connectivity index (χ3v) is 4.18. The number of nitrogens with zero attached hydrogens (tertiary/aromatic N) is 4. The van der Waals surface area contributed by atoms with E-state index in [4.69, 9.17) is 9.47 Å². The first-order valence-electron chi connectivity index (χ1n) is 8.77. The van der Waals surface area contributed by atoms with Gasteiger partial charge in [-0.1, -0.05) is 17.3 Å². The van der Waals surface area contributed by atoms with Crippen LogP contribution in [0.15, 0.2) is 53.0 Å². The molecule has 1 aromatic carbocycles. The molecule has 0 saturated carbocycles. The summed E-state index contributed by atoms with van der Waals surface area (Å²) in [6.07, 6.45) is 3.36. The van der Waals surface area contributed by atoms with Crippen LogP contribution in [0.2, 0.25) is 0 Å². The Kier molecular flexibility index (Phi) is 4.49. The molecule has 0 aliphatic carbocycles. The Balaban J connectivity index is 2.06. The first kappa shape index (κ1) is 17.7. The van der Waals surface area contributed by atoms with Crippen LogP contribution in [0, 0.1) is 0 Å². The number of pyridine rings is 1. The number of rotatable bonds is 4. The molecule has 28 heavy (non-hydrogen) atoms. The highest BCUT2D eigenvalue weighted by Gasteiger charge is 2.23. The Morgan fingerprint density at radius 1 is 1.32 bits per heavy atom. The maximum atomic E-state index is 10.6. The predicted octanol–water partition coefficient (Wildman–Crippen LogP) is 1.49. The van der Waals surface area contributed by atoms with Crippen LogP contribution in [0.5, 0.6) is 11.5 Å². The van der Waals surface area contributed by atoms with Crippen LogP contribution in [0.3, 0.4) is 0 Å². The molecule has 1 aliphatic heterocycles. The highest BCUT2D eigenvalue weighted by molar-refractivity contribution is 6.32. The molecule has 0 atom stereocenters. The van der Waals surface area contributed by atoms with Gasteiger partial charge in [-0.25, -0.2) is 15.0 Å². The van der Waals surface area contributed by atoms with Gasteiger partial charge >= 0.3 is 0 Å². The summed E-state index contributed by atoms with van der Waals surface area (Å²) in [5.74, 6) is 1.41. The monoisotopic (exact) mass is 372 g/mol. The lowest BCUT2D eigenvalue weighted by atomic mass is 9.99. The number of aromatic nitrogens is 3. The van der Waals surface area contributed by atoms with Crippen LogP contribution in [0.4, 0.5) is 0 Å². The van der Waals surface area contributed by atoms with Crippen LogP contribution in [-0.2, 0) is 4.74 Å². The first-order chi connectivity index (χ1) is 13.6. The lowest BCUT2D eigenvalue weighted by Crippen LogP contribution is -2.08. The molecule has 1 N–H and O–H groups in total. The molecule has 3 heterocycles. The van der Waals surface area contributed by atoms with Gasteiger partial charge in [0.15, 0.2) is 17.2 Å². The van der Waals surface area contributed by atoms with Crippen molar-refractivity contribution >= 4 is 36.1 Å². The lowest BCUT2D eigenvalue weighted by molar-refractivity contribution is 0.330. The van der Waals surface area contributed by atoms with E-state index in [0.717, 1.165) is 5.46 Å². The van der Waals surface area contributed by atoms with E-state index in [1.165, 1.54) is 0 Å². The highest BCUT2D eigenvalue weighted by Crippen LogP contribution is 2.36. The van der Waals surface area contributed by atoms with Gasteiger partial charge in [0.2, 0.25) is 5.90 Å². The van der Waals surface area contributed by atoms with Crippen molar-refractivity contribution in [2.75, 3.05) is 13.7 Å². The summed E-state index contributed by atoms with van der Waals surface area (Å²) < 4.78 is 12.7. The van der Waals surface area contributed by atoms with Crippen molar-refractivity contribution in [3.05, 3.63) is 53.8 Å². The third kappa shape index (κ3) is 2.97. The Morgan fingerprint density at radius 2 is 2.18 bits per heavy atom. The summed E-state index contributed by atoms with van der Waals surface area (Å²) in [6, 6.07) is 7.03. The van der Waals surface area contributed by atoms with Crippen LogP contribution in [-0.4, -0.2) is 47.1 Å². The lowest BCUT2D eigenvalue weighted by Gasteiger charge is -2.15. The number of phenolic OH excluding ortho intramolecular Hbond substituents is 1.